The molecule has 0 bridgehead atoms. The minimum absolute atomic E-state index is 0.231. The summed E-state index contributed by atoms with van der Waals surface area (Å²) < 4.78 is 5.50. The van der Waals surface area contributed by atoms with Crippen LogP contribution in [0.3, 0.4) is 0 Å². The molecule has 1 nitrogen and oxygen atoms in total. The molecule has 0 aliphatic rings. The zero-order valence-corrected chi connectivity index (χ0v) is 9.44. The molecule has 0 N–H and O–H groups in total. The van der Waals surface area contributed by atoms with Gasteiger partial charge in [0.05, 0.1) is 7.11 Å². The van der Waals surface area contributed by atoms with Crippen LogP contribution in [0.15, 0.2) is 29.2 Å². The van der Waals surface area contributed by atoms with Gasteiger partial charge in [-0.3, -0.25) is 0 Å². The van der Waals surface area contributed by atoms with Crippen LogP contribution < -0.4 is 4.74 Å². The Bertz CT molecular complexity index is 276. The van der Waals surface area contributed by atoms with Crippen LogP contribution in [0, 0.1) is 0 Å². The minimum Gasteiger partial charge on any atom is -0.496 e. The van der Waals surface area contributed by atoms with Gasteiger partial charge in [0, 0.05) is 9.64 Å². The molecule has 1 rings (SSSR count). The van der Waals surface area contributed by atoms with E-state index in [1.807, 2.05) is 30.0 Å². The summed E-state index contributed by atoms with van der Waals surface area (Å²) in [5.41, 5.74) is 0. The van der Waals surface area contributed by atoms with Crippen LogP contribution >= 0.6 is 11.8 Å². The number of methoxy groups -OCH3 is 1. The number of benzene rings is 1. The number of hydrogen-bond acceptors (Lipinski definition) is 2. The lowest BCUT2D eigenvalue weighted by molar-refractivity contribution is 0.404. The lowest BCUT2D eigenvalue weighted by Gasteiger charge is -2.19. The summed E-state index contributed by atoms with van der Waals surface area (Å²) in [4.78, 5) is 1.21. The summed E-state index contributed by atoms with van der Waals surface area (Å²) in [7, 11) is 1.71. The number of ether oxygens (including phenoxy) is 1. The van der Waals surface area contributed by atoms with Gasteiger partial charge in [-0.15, -0.1) is 11.8 Å². The normalized spacial score (nSPS) is 11.4. The molecule has 0 atom stereocenters. The van der Waals surface area contributed by atoms with Crippen LogP contribution in [0.5, 0.6) is 5.75 Å². The molecule has 2 heteroatoms. The standard InChI is InChI=1S/C11H16OS/c1-11(2,3)13-10-8-6-5-7-9(10)12-4/h5-8H,1-4H3. The Hall–Kier alpha value is -0.630. The lowest BCUT2D eigenvalue weighted by atomic mass is 10.3. The van der Waals surface area contributed by atoms with Crippen LogP contribution in [0.4, 0.5) is 0 Å². The van der Waals surface area contributed by atoms with Gasteiger partial charge >= 0.3 is 0 Å². The van der Waals surface area contributed by atoms with E-state index in [-0.39, 0.29) is 4.75 Å². The van der Waals surface area contributed by atoms with E-state index in [4.69, 9.17) is 4.74 Å². The van der Waals surface area contributed by atoms with Crippen molar-refractivity contribution in [3.05, 3.63) is 24.3 Å². The SMILES string of the molecule is COc1ccccc1SC(C)(C)C. The summed E-state index contributed by atoms with van der Waals surface area (Å²) in [6, 6.07) is 8.12. The van der Waals surface area contributed by atoms with Crippen LogP contribution in [0.2, 0.25) is 0 Å². The average molecular weight is 196 g/mol. The first-order valence-electron chi connectivity index (χ1n) is 4.35. The van der Waals surface area contributed by atoms with Crippen molar-refractivity contribution in [1.82, 2.24) is 0 Å². The van der Waals surface area contributed by atoms with Gasteiger partial charge in [0.25, 0.3) is 0 Å². The molecule has 13 heavy (non-hydrogen) atoms. The number of thioether (sulfide) groups is 1. The molecule has 0 saturated carbocycles. The Morgan fingerprint density at radius 1 is 1.15 bits per heavy atom. The van der Waals surface area contributed by atoms with Crippen molar-refractivity contribution in [3.8, 4) is 5.75 Å². The Morgan fingerprint density at radius 2 is 1.77 bits per heavy atom. The van der Waals surface area contributed by atoms with Gasteiger partial charge in [-0.1, -0.05) is 32.9 Å². The van der Waals surface area contributed by atoms with Gasteiger partial charge in [-0.05, 0) is 12.1 Å². The summed E-state index contributed by atoms with van der Waals surface area (Å²) in [6.07, 6.45) is 0. The van der Waals surface area contributed by atoms with Gasteiger partial charge in [0.15, 0.2) is 0 Å². The molecule has 0 aromatic heterocycles. The molecule has 0 unspecified atom stereocenters. The fourth-order valence-electron chi connectivity index (χ4n) is 1.03. The highest BCUT2D eigenvalue weighted by molar-refractivity contribution is 8.00. The molecule has 0 aliphatic heterocycles. The Balaban J connectivity index is 2.87. The van der Waals surface area contributed by atoms with E-state index < -0.39 is 0 Å². The van der Waals surface area contributed by atoms with Crippen LogP contribution in [-0.2, 0) is 0 Å². The Kier molecular flexibility index (Phi) is 3.26. The topological polar surface area (TPSA) is 9.23 Å². The molecule has 72 valence electrons. The second-order valence-corrected chi connectivity index (χ2v) is 5.73. The molecular weight excluding hydrogens is 180 g/mol. The second-order valence-electron chi connectivity index (χ2n) is 3.87. The van der Waals surface area contributed by atoms with E-state index >= 15 is 0 Å². The summed E-state index contributed by atoms with van der Waals surface area (Å²) >= 11 is 1.83. The molecule has 0 spiro atoms. The van der Waals surface area contributed by atoms with Gasteiger partial charge in [-0.25, -0.2) is 0 Å². The zero-order valence-electron chi connectivity index (χ0n) is 8.63. The van der Waals surface area contributed by atoms with Gasteiger partial charge in [-0.2, -0.15) is 0 Å². The number of para-hydroxylation sites is 1. The Labute approximate surface area is 84.5 Å². The van der Waals surface area contributed by atoms with Crippen LogP contribution in [0.25, 0.3) is 0 Å². The minimum atomic E-state index is 0.231. The molecule has 0 radical (unpaired) electrons. The van der Waals surface area contributed by atoms with Gasteiger partial charge in [0.2, 0.25) is 0 Å². The van der Waals surface area contributed by atoms with Crippen LogP contribution in [-0.4, -0.2) is 11.9 Å². The summed E-state index contributed by atoms with van der Waals surface area (Å²) in [6.45, 7) is 6.60. The third-order valence-corrected chi connectivity index (χ3v) is 2.65. The van der Waals surface area contributed by atoms with Crippen molar-refractivity contribution in [3.63, 3.8) is 0 Å². The van der Waals surface area contributed by atoms with Gasteiger partial charge < -0.3 is 4.74 Å². The number of hydrogen-bond donors (Lipinski definition) is 0. The maximum atomic E-state index is 5.27. The highest BCUT2D eigenvalue weighted by Crippen LogP contribution is 2.37. The fourth-order valence-corrected chi connectivity index (χ4v) is 2.09. The highest BCUT2D eigenvalue weighted by atomic mass is 32.2. The first-order chi connectivity index (χ1) is 6.03. The van der Waals surface area contributed by atoms with Crippen molar-refractivity contribution in [2.45, 2.75) is 30.4 Å². The molecule has 1 aromatic rings. The van der Waals surface area contributed by atoms with E-state index in [0.29, 0.717) is 0 Å². The first-order valence-corrected chi connectivity index (χ1v) is 5.16. The predicted octanol–water partition coefficient (Wildman–Crippen LogP) is 3.59. The van der Waals surface area contributed by atoms with E-state index in [9.17, 15) is 0 Å². The zero-order chi connectivity index (χ0) is 9.90. The lowest BCUT2D eigenvalue weighted by Crippen LogP contribution is -2.06. The van der Waals surface area contributed by atoms with E-state index in [1.54, 1.807) is 7.11 Å². The average Bonchev–Trinajstić information content (AvgIpc) is 2.02. The maximum Gasteiger partial charge on any atom is 0.132 e. The molecule has 0 saturated heterocycles. The van der Waals surface area contributed by atoms with Crippen molar-refractivity contribution in [2.75, 3.05) is 7.11 Å². The Morgan fingerprint density at radius 3 is 2.31 bits per heavy atom. The monoisotopic (exact) mass is 196 g/mol. The quantitative estimate of drug-likeness (QED) is 0.669. The fraction of sp³-hybridized carbons (Fsp3) is 0.455. The molecule has 0 fully saturated rings. The van der Waals surface area contributed by atoms with Crippen molar-refractivity contribution >= 4 is 11.8 Å². The highest BCUT2D eigenvalue weighted by Gasteiger charge is 2.14. The van der Waals surface area contributed by atoms with Crippen molar-refractivity contribution in [1.29, 1.82) is 0 Å². The molecule has 0 amide bonds. The van der Waals surface area contributed by atoms with E-state index in [1.165, 1.54) is 4.90 Å². The number of rotatable bonds is 2. The maximum absolute atomic E-state index is 5.27. The molecule has 0 aliphatic carbocycles. The smallest absolute Gasteiger partial charge is 0.132 e. The van der Waals surface area contributed by atoms with Crippen molar-refractivity contribution < 1.29 is 4.74 Å². The first kappa shape index (κ1) is 10.5. The molecule has 1 aromatic carbocycles. The van der Waals surface area contributed by atoms with E-state index in [0.717, 1.165) is 5.75 Å². The summed E-state index contributed by atoms with van der Waals surface area (Å²) in [5, 5.41) is 0. The molecule has 0 heterocycles. The summed E-state index contributed by atoms with van der Waals surface area (Å²) in [5.74, 6) is 0.961. The third kappa shape index (κ3) is 3.31. The largest absolute Gasteiger partial charge is 0.496 e. The third-order valence-electron chi connectivity index (χ3n) is 1.49. The van der Waals surface area contributed by atoms with Crippen LogP contribution in [0.1, 0.15) is 20.8 Å². The predicted molar refractivity (Wildman–Crippen MR) is 58.6 cm³/mol. The second kappa shape index (κ2) is 4.05. The van der Waals surface area contributed by atoms with E-state index in [2.05, 4.69) is 26.8 Å². The molecular formula is C11H16OS. The van der Waals surface area contributed by atoms with Gasteiger partial charge in [0.1, 0.15) is 5.75 Å². The van der Waals surface area contributed by atoms with Crippen molar-refractivity contribution in [2.24, 2.45) is 0 Å².